The van der Waals surface area contributed by atoms with Crippen LogP contribution >= 0.6 is 0 Å². The van der Waals surface area contributed by atoms with Crippen molar-refractivity contribution in [2.45, 2.75) is 20.4 Å². The molecular weight excluding hydrogens is 310 g/mol. The quantitative estimate of drug-likeness (QED) is 0.431. The largest absolute Gasteiger partial charge is 0.441 e. The molecule has 3 rings (SSSR count). The van der Waals surface area contributed by atoms with Crippen molar-refractivity contribution in [2.75, 3.05) is 0 Å². The predicted molar refractivity (Wildman–Crippen MR) is 86.1 cm³/mol. The van der Waals surface area contributed by atoms with Crippen molar-refractivity contribution in [1.82, 2.24) is 20.3 Å². The van der Waals surface area contributed by atoms with E-state index in [1.807, 2.05) is 18.2 Å². The van der Waals surface area contributed by atoms with Crippen LogP contribution in [0, 0.1) is 13.8 Å². The Bertz CT molecular complexity index is 933. The number of nitrogens with one attached hydrogen (secondary N) is 1. The van der Waals surface area contributed by atoms with Gasteiger partial charge in [0.05, 0.1) is 11.9 Å². The number of oxime groups is 1. The van der Waals surface area contributed by atoms with Gasteiger partial charge in [-0.3, -0.25) is 4.79 Å². The molecule has 0 radical (unpaired) electrons. The van der Waals surface area contributed by atoms with E-state index in [9.17, 15) is 4.79 Å². The van der Waals surface area contributed by atoms with Crippen LogP contribution < -0.4 is 5.32 Å². The summed E-state index contributed by atoms with van der Waals surface area (Å²) < 4.78 is 5.42. The molecule has 0 aliphatic rings. The van der Waals surface area contributed by atoms with Crippen LogP contribution in [0.3, 0.4) is 0 Å². The smallest absolute Gasteiger partial charge is 0.270 e. The van der Waals surface area contributed by atoms with Crippen molar-refractivity contribution in [3.05, 3.63) is 52.9 Å². The first kappa shape index (κ1) is 15.6. The zero-order valence-corrected chi connectivity index (χ0v) is 13.1. The maximum absolute atomic E-state index is 12.3. The number of aromatic nitrogens is 3. The number of benzene rings is 1. The number of carbonyl (C=O) groups excluding carboxylic acids is 1. The van der Waals surface area contributed by atoms with Crippen molar-refractivity contribution >= 4 is 23.2 Å². The Morgan fingerprint density at radius 3 is 2.92 bits per heavy atom. The van der Waals surface area contributed by atoms with Crippen LogP contribution in [0.1, 0.15) is 33.5 Å². The number of oxazole rings is 1. The Hall–Kier alpha value is -3.29. The molecule has 2 aromatic heterocycles. The van der Waals surface area contributed by atoms with Gasteiger partial charge in [-0.05, 0) is 30.7 Å². The van der Waals surface area contributed by atoms with E-state index in [2.05, 4.69) is 25.4 Å². The molecule has 0 fully saturated rings. The molecule has 0 spiro atoms. The lowest BCUT2D eigenvalue weighted by atomic mass is 10.2. The second kappa shape index (κ2) is 6.45. The number of fused-ring (bicyclic) bond motifs is 1. The first-order chi connectivity index (χ1) is 11.5. The highest BCUT2D eigenvalue weighted by atomic mass is 16.4. The summed E-state index contributed by atoms with van der Waals surface area (Å²) in [6.45, 7) is 3.77. The van der Waals surface area contributed by atoms with E-state index in [4.69, 9.17) is 9.62 Å². The molecule has 1 amide bonds. The van der Waals surface area contributed by atoms with Gasteiger partial charge in [0.1, 0.15) is 17.0 Å². The summed E-state index contributed by atoms with van der Waals surface area (Å²) in [4.78, 5) is 24.6. The molecular formula is C16H15N5O3. The first-order valence-electron chi connectivity index (χ1n) is 7.22. The lowest BCUT2D eigenvalue weighted by molar-refractivity contribution is 0.0945. The fraction of sp³-hybridized carbons (Fsp3) is 0.188. The molecule has 24 heavy (non-hydrogen) atoms. The van der Waals surface area contributed by atoms with E-state index in [1.54, 1.807) is 13.8 Å². The van der Waals surface area contributed by atoms with Crippen molar-refractivity contribution in [3.63, 3.8) is 0 Å². The number of carbonyl (C=O) groups is 1. The molecule has 0 saturated carbocycles. The van der Waals surface area contributed by atoms with Crippen LogP contribution in [-0.4, -0.2) is 32.3 Å². The molecule has 0 atom stereocenters. The fourth-order valence-electron chi connectivity index (χ4n) is 2.30. The molecule has 0 saturated heterocycles. The molecule has 0 unspecified atom stereocenters. The van der Waals surface area contributed by atoms with E-state index in [0.29, 0.717) is 29.5 Å². The molecule has 0 aliphatic carbocycles. The summed E-state index contributed by atoms with van der Waals surface area (Å²) >= 11 is 0. The average molecular weight is 325 g/mol. The summed E-state index contributed by atoms with van der Waals surface area (Å²) in [5.41, 5.74) is 2.91. The van der Waals surface area contributed by atoms with Gasteiger partial charge in [0.15, 0.2) is 11.5 Å². The van der Waals surface area contributed by atoms with Gasteiger partial charge in [0.2, 0.25) is 0 Å². The van der Waals surface area contributed by atoms with Crippen molar-refractivity contribution < 1.29 is 14.4 Å². The summed E-state index contributed by atoms with van der Waals surface area (Å²) in [5, 5.41) is 14.3. The normalized spacial score (nSPS) is 11.2. The molecule has 8 heteroatoms. The zero-order chi connectivity index (χ0) is 17.1. The number of amides is 1. The number of nitrogens with zero attached hydrogens (tertiary/aromatic N) is 4. The summed E-state index contributed by atoms with van der Waals surface area (Å²) in [5.74, 6) is 0.669. The monoisotopic (exact) mass is 325 g/mol. The van der Waals surface area contributed by atoms with Gasteiger partial charge in [-0.25, -0.2) is 15.0 Å². The van der Waals surface area contributed by atoms with Crippen molar-refractivity contribution in [3.8, 4) is 0 Å². The summed E-state index contributed by atoms with van der Waals surface area (Å²) in [6, 6.07) is 7.00. The van der Waals surface area contributed by atoms with Gasteiger partial charge in [-0.2, -0.15) is 0 Å². The highest BCUT2D eigenvalue weighted by molar-refractivity contribution is 5.93. The average Bonchev–Trinajstić information content (AvgIpc) is 2.91. The van der Waals surface area contributed by atoms with E-state index in [0.717, 1.165) is 17.3 Å². The topological polar surface area (TPSA) is 114 Å². The highest BCUT2D eigenvalue weighted by Crippen LogP contribution is 2.16. The standard InChI is InChI=1S/C16H15N5O3/c1-9-19-12(8-18-23)6-14(20-9)16(22)17-7-11-3-4-15-13(5-11)21-10(2)24-15/h3-6,8,23H,7H2,1-2H3,(H,17,22)/b18-8-. The lowest BCUT2D eigenvalue weighted by Gasteiger charge is -2.06. The lowest BCUT2D eigenvalue weighted by Crippen LogP contribution is -2.24. The Morgan fingerprint density at radius 2 is 2.12 bits per heavy atom. The fourth-order valence-corrected chi connectivity index (χ4v) is 2.30. The third kappa shape index (κ3) is 3.37. The van der Waals surface area contributed by atoms with Crippen LogP contribution in [0.25, 0.3) is 11.1 Å². The minimum absolute atomic E-state index is 0.204. The third-order valence-electron chi connectivity index (χ3n) is 3.29. The Labute approximate surface area is 137 Å². The van der Waals surface area contributed by atoms with Crippen LogP contribution in [0.15, 0.2) is 33.8 Å². The van der Waals surface area contributed by atoms with E-state index < -0.39 is 0 Å². The molecule has 3 aromatic rings. The number of rotatable bonds is 4. The Morgan fingerprint density at radius 1 is 1.29 bits per heavy atom. The van der Waals surface area contributed by atoms with E-state index >= 15 is 0 Å². The number of hydrogen-bond donors (Lipinski definition) is 2. The molecule has 2 N–H and O–H groups in total. The SMILES string of the molecule is Cc1nc(/C=N\O)cc(C(=O)NCc2ccc3oc(C)nc3c2)n1. The second-order valence-electron chi connectivity index (χ2n) is 5.19. The molecule has 0 bridgehead atoms. The Balaban J connectivity index is 1.74. The van der Waals surface area contributed by atoms with Gasteiger partial charge >= 0.3 is 0 Å². The Kier molecular flexibility index (Phi) is 4.19. The van der Waals surface area contributed by atoms with Gasteiger partial charge < -0.3 is 14.9 Å². The summed E-state index contributed by atoms with van der Waals surface area (Å²) in [7, 11) is 0. The second-order valence-corrected chi connectivity index (χ2v) is 5.19. The molecule has 1 aromatic carbocycles. The predicted octanol–water partition coefficient (Wildman–Crippen LogP) is 1.97. The third-order valence-corrected chi connectivity index (χ3v) is 3.29. The minimum Gasteiger partial charge on any atom is -0.441 e. The van der Waals surface area contributed by atoms with Gasteiger partial charge in [-0.1, -0.05) is 11.2 Å². The van der Waals surface area contributed by atoms with Crippen LogP contribution in [0.5, 0.6) is 0 Å². The molecule has 8 nitrogen and oxygen atoms in total. The van der Waals surface area contributed by atoms with Gasteiger partial charge in [0, 0.05) is 13.5 Å². The number of aryl methyl sites for hydroxylation is 2. The zero-order valence-electron chi connectivity index (χ0n) is 13.1. The maximum Gasteiger partial charge on any atom is 0.270 e. The molecule has 122 valence electrons. The van der Waals surface area contributed by atoms with Gasteiger partial charge in [0.25, 0.3) is 5.91 Å². The van der Waals surface area contributed by atoms with Gasteiger partial charge in [-0.15, -0.1) is 0 Å². The van der Waals surface area contributed by atoms with Crippen molar-refractivity contribution in [2.24, 2.45) is 5.16 Å². The maximum atomic E-state index is 12.3. The van der Waals surface area contributed by atoms with Crippen LogP contribution in [0.4, 0.5) is 0 Å². The van der Waals surface area contributed by atoms with E-state index in [1.165, 1.54) is 6.07 Å². The van der Waals surface area contributed by atoms with Crippen LogP contribution in [-0.2, 0) is 6.54 Å². The number of hydrogen-bond acceptors (Lipinski definition) is 7. The first-order valence-corrected chi connectivity index (χ1v) is 7.22. The van der Waals surface area contributed by atoms with Crippen LogP contribution in [0.2, 0.25) is 0 Å². The van der Waals surface area contributed by atoms with E-state index in [-0.39, 0.29) is 11.6 Å². The summed E-state index contributed by atoms with van der Waals surface area (Å²) in [6.07, 6.45) is 1.15. The van der Waals surface area contributed by atoms with Crippen molar-refractivity contribution in [1.29, 1.82) is 0 Å². The minimum atomic E-state index is -0.343. The highest BCUT2D eigenvalue weighted by Gasteiger charge is 2.10. The molecule has 2 heterocycles. The molecule has 0 aliphatic heterocycles.